The molecule has 9 heteroatoms. The quantitative estimate of drug-likeness (QED) is 0.361. The van der Waals surface area contributed by atoms with Gasteiger partial charge in [-0.3, -0.25) is 4.79 Å². The summed E-state index contributed by atoms with van der Waals surface area (Å²) in [5, 5.41) is 4.33. The Morgan fingerprint density at radius 2 is 1.78 bits per heavy atom. The number of carbonyl (C=O) groups is 1. The van der Waals surface area contributed by atoms with Gasteiger partial charge in [-0.05, 0) is 42.0 Å². The fourth-order valence-corrected chi connectivity index (χ4v) is 3.00. The van der Waals surface area contributed by atoms with Gasteiger partial charge in [-0.25, -0.2) is 5.43 Å². The molecule has 1 N–H and O–H groups in total. The molecule has 3 rings (SSSR count). The Bertz CT molecular complexity index is 1130. The highest BCUT2D eigenvalue weighted by molar-refractivity contribution is 6.31. The number of methoxy groups -OCH3 is 1. The molecule has 0 fully saturated rings. The number of alkyl halides is 3. The van der Waals surface area contributed by atoms with E-state index in [1.54, 1.807) is 24.3 Å². The molecular formula is C23H18ClF3N2O3. The number of hydrazone groups is 1. The van der Waals surface area contributed by atoms with Gasteiger partial charge in [0.2, 0.25) is 0 Å². The molecule has 5 nitrogen and oxygen atoms in total. The van der Waals surface area contributed by atoms with Gasteiger partial charge in [-0.1, -0.05) is 41.9 Å². The Morgan fingerprint density at radius 3 is 2.50 bits per heavy atom. The molecule has 0 bridgehead atoms. The van der Waals surface area contributed by atoms with Gasteiger partial charge in [-0.2, -0.15) is 18.3 Å². The van der Waals surface area contributed by atoms with Crippen LogP contribution in [0.25, 0.3) is 0 Å². The van der Waals surface area contributed by atoms with Crippen molar-refractivity contribution in [2.75, 3.05) is 7.11 Å². The number of nitrogens with zero attached hydrogens (tertiary/aromatic N) is 1. The zero-order chi connectivity index (χ0) is 23.1. The third kappa shape index (κ3) is 5.79. The summed E-state index contributed by atoms with van der Waals surface area (Å²) in [6.07, 6.45) is -3.36. The van der Waals surface area contributed by atoms with Gasteiger partial charge in [0.25, 0.3) is 5.91 Å². The minimum Gasteiger partial charge on any atom is -0.493 e. The molecule has 32 heavy (non-hydrogen) atoms. The van der Waals surface area contributed by atoms with Crippen LogP contribution >= 0.6 is 11.6 Å². The molecule has 0 aromatic heterocycles. The number of ether oxygens (including phenoxy) is 2. The SMILES string of the molecule is COc1cc(/C=N/NC(=O)c2ccccc2C(F)(F)F)ccc1OCc1ccccc1Cl. The molecule has 0 aliphatic rings. The minimum atomic E-state index is -4.65. The number of nitrogens with one attached hydrogen (secondary N) is 1. The van der Waals surface area contributed by atoms with Gasteiger partial charge < -0.3 is 9.47 Å². The second kappa shape index (κ2) is 10.2. The van der Waals surface area contributed by atoms with Crippen LogP contribution in [0, 0.1) is 0 Å². The third-order valence-electron chi connectivity index (χ3n) is 4.39. The van der Waals surface area contributed by atoms with Gasteiger partial charge in [0.05, 0.1) is 24.5 Å². The Balaban J connectivity index is 1.68. The first kappa shape index (κ1) is 23.1. The molecule has 0 unspecified atom stereocenters. The van der Waals surface area contributed by atoms with Crippen LogP contribution in [0.1, 0.15) is 27.0 Å². The van der Waals surface area contributed by atoms with Crippen LogP contribution in [-0.4, -0.2) is 19.2 Å². The maximum absolute atomic E-state index is 13.1. The monoisotopic (exact) mass is 462 g/mol. The lowest BCUT2D eigenvalue weighted by Crippen LogP contribution is -2.22. The molecule has 0 aliphatic heterocycles. The smallest absolute Gasteiger partial charge is 0.417 e. The van der Waals surface area contributed by atoms with Crippen LogP contribution in [0.15, 0.2) is 71.8 Å². The number of rotatable bonds is 7. The van der Waals surface area contributed by atoms with E-state index in [-0.39, 0.29) is 6.61 Å². The summed E-state index contributed by atoms with van der Waals surface area (Å²) in [7, 11) is 1.47. The van der Waals surface area contributed by atoms with Crippen molar-refractivity contribution >= 4 is 23.7 Å². The van der Waals surface area contributed by atoms with Crippen LogP contribution in [0.3, 0.4) is 0 Å². The number of hydrogen-bond donors (Lipinski definition) is 1. The van der Waals surface area contributed by atoms with E-state index >= 15 is 0 Å². The molecule has 3 aromatic rings. The van der Waals surface area contributed by atoms with Crippen molar-refractivity contribution in [2.24, 2.45) is 5.10 Å². The highest BCUT2D eigenvalue weighted by atomic mass is 35.5. The van der Waals surface area contributed by atoms with E-state index in [1.807, 2.05) is 18.2 Å². The summed E-state index contributed by atoms with van der Waals surface area (Å²) in [5.41, 5.74) is 1.91. The predicted octanol–water partition coefficient (Wildman–Crippen LogP) is 5.71. The van der Waals surface area contributed by atoms with Gasteiger partial charge in [0, 0.05) is 10.6 Å². The summed E-state index contributed by atoms with van der Waals surface area (Å²) in [6, 6.07) is 16.7. The van der Waals surface area contributed by atoms with Crippen LogP contribution in [0.5, 0.6) is 11.5 Å². The van der Waals surface area contributed by atoms with E-state index < -0.39 is 23.2 Å². The summed E-state index contributed by atoms with van der Waals surface area (Å²) in [4.78, 5) is 12.1. The Kier molecular flexibility index (Phi) is 7.37. The second-order valence-corrected chi connectivity index (χ2v) is 6.94. The van der Waals surface area contributed by atoms with Crippen molar-refractivity contribution in [3.05, 3.63) is 94.0 Å². The summed E-state index contributed by atoms with van der Waals surface area (Å²) >= 11 is 6.13. The fourth-order valence-electron chi connectivity index (χ4n) is 2.81. The summed E-state index contributed by atoms with van der Waals surface area (Å²) < 4.78 is 50.3. The minimum absolute atomic E-state index is 0.234. The maximum atomic E-state index is 13.1. The summed E-state index contributed by atoms with van der Waals surface area (Å²) in [5.74, 6) is -0.0942. The van der Waals surface area contributed by atoms with E-state index in [0.29, 0.717) is 22.1 Å². The van der Waals surface area contributed by atoms with Crippen molar-refractivity contribution < 1.29 is 27.4 Å². The fraction of sp³-hybridized carbons (Fsp3) is 0.130. The largest absolute Gasteiger partial charge is 0.493 e. The van der Waals surface area contributed by atoms with Gasteiger partial charge in [0.1, 0.15) is 6.61 Å². The standard InChI is InChI=1S/C23H18ClF3N2O3/c1-31-21-12-15(10-11-20(21)32-14-16-6-2-5-9-19(16)24)13-28-29-22(30)17-7-3-4-8-18(17)23(25,26)27/h2-13H,14H2,1H3,(H,29,30)/b28-13+. The topological polar surface area (TPSA) is 59.9 Å². The first-order chi connectivity index (χ1) is 15.3. The first-order valence-corrected chi connectivity index (χ1v) is 9.71. The molecule has 0 radical (unpaired) electrons. The van der Waals surface area contributed by atoms with Crippen LogP contribution in [0.2, 0.25) is 5.02 Å². The van der Waals surface area contributed by atoms with Crippen LogP contribution in [-0.2, 0) is 12.8 Å². The number of amides is 1. The normalized spacial score (nSPS) is 11.4. The first-order valence-electron chi connectivity index (χ1n) is 9.33. The molecule has 0 heterocycles. The molecular weight excluding hydrogens is 445 g/mol. The lowest BCUT2D eigenvalue weighted by molar-refractivity contribution is -0.137. The highest BCUT2D eigenvalue weighted by Gasteiger charge is 2.34. The third-order valence-corrected chi connectivity index (χ3v) is 4.75. The molecule has 3 aromatic carbocycles. The van der Waals surface area contributed by atoms with E-state index in [2.05, 4.69) is 10.5 Å². The van der Waals surface area contributed by atoms with Crippen molar-refractivity contribution in [1.82, 2.24) is 5.43 Å². The Morgan fingerprint density at radius 1 is 1.06 bits per heavy atom. The molecule has 0 atom stereocenters. The Hall–Kier alpha value is -3.52. The van der Waals surface area contributed by atoms with E-state index in [1.165, 1.54) is 25.5 Å². The number of halogens is 4. The van der Waals surface area contributed by atoms with Crippen molar-refractivity contribution in [2.45, 2.75) is 12.8 Å². The predicted molar refractivity (Wildman–Crippen MR) is 115 cm³/mol. The van der Waals surface area contributed by atoms with Gasteiger partial charge in [-0.15, -0.1) is 0 Å². The Labute approximate surface area is 187 Å². The van der Waals surface area contributed by atoms with Crippen molar-refractivity contribution in [1.29, 1.82) is 0 Å². The number of carbonyl (C=O) groups excluding carboxylic acids is 1. The van der Waals surface area contributed by atoms with Crippen molar-refractivity contribution in [3.63, 3.8) is 0 Å². The second-order valence-electron chi connectivity index (χ2n) is 6.53. The molecule has 0 spiro atoms. The lowest BCUT2D eigenvalue weighted by atomic mass is 10.1. The highest BCUT2D eigenvalue weighted by Crippen LogP contribution is 2.32. The molecule has 0 saturated heterocycles. The number of hydrogen-bond acceptors (Lipinski definition) is 4. The van der Waals surface area contributed by atoms with Gasteiger partial charge >= 0.3 is 6.18 Å². The van der Waals surface area contributed by atoms with Gasteiger partial charge in [0.15, 0.2) is 11.5 Å². The van der Waals surface area contributed by atoms with Crippen molar-refractivity contribution in [3.8, 4) is 11.5 Å². The molecule has 166 valence electrons. The zero-order valence-corrected chi connectivity index (χ0v) is 17.6. The van der Waals surface area contributed by atoms with Crippen LogP contribution < -0.4 is 14.9 Å². The zero-order valence-electron chi connectivity index (χ0n) is 16.8. The number of benzene rings is 3. The summed E-state index contributed by atoms with van der Waals surface area (Å²) in [6.45, 7) is 0.234. The molecule has 0 saturated carbocycles. The van der Waals surface area contributed by atoms with E-state index in [4.69, 9.17) is 21.1 Å². The molecule has 1 amide bonds. The lowest BCUT2D eigenvalue weighted by Gasteiger charge is -2.12. The van der Waals surface area contributed by atoms with E-state index in [9.17, 15) is 18.0 Å². The van der Waals surface area contributed by atoms with Crippen LogP contribution in [0.4, 0.5) is 13.2 Å². The maximum Gasteiger partial charge on any atom is 0.417 e. The average Bonchev–Trinajstić information content (AvgIpc) is 2.78. The van der Waals surface area contributed by atoms with E-state index in [0.717, 1.165) is 17.7 Å². The molecule has 0 aliphatic carbocycles. The average molecular weight is 463 g/mol.